The minimum Gasteiger partial charge on any atom is -0.490 e. The van der Waals surface area contributed by atoms with Crippen molar-refractivity contribution >= 4 is 69.4 Å². The van der Waals surface area contributed by atoms with Crippen molar-refractivity contribution in [2.45, 2.75) is 39.6 Å². The summed E-state index contributed by atoms with van der Waals surface area (Å²) in [6, 6.07) is 14.7. The molecule has 0 radical (unpaired) electrons. The molecule has 0 unspecified atom stereocenters. The largest absolute Gasteiger partial charge is 0.490 e. The number of carbonyl (C=O) groups excluding carboxylic acids is 3. The molecule has 0 saturated carbocycles. The smallest absolute Gasteiger partial charge is 0.338 e. The molecule has 15 heteroatoms. The van der Waals surface area contributed by atoms with Crippen molar-refractivity contribution in [2.24, 2.45) is 5.10 Å². The maximum absolute atomic E-state index is 12.5. The molecule has 3 aromatic carbocycles. The highest BCUT2D eigenvalue weighted by Gasteiger charge is 2.32. The Morgan fingerprint density at radius 3 is 2.45 bits per heavy atom. The Balaban J connectivity index is 1.40. The fourth-order valence-electron chi connectivity index (χ4n) is 4.75. The maximum atomic E-state index is 12.5. The van der Waals surface area contributed by atoms with Gasteiger partial charge in [0.15, 0.2) is 17.7 Å². The van der Waals surface area contributed by atoms with Gasteiger partial charge < -0.3 is 39.4 Å². The third-order valence-corrected chi connectivity index (χ3v) is 8.41. The van der Waals surface area contributed by atoms with Crippen molar-refractivity contribution in [2.75, 3.05) is 26.9 Å². The number of nitrogens with one attached hydrogen (secondary N) is 3. The van der Waals surface area contributed by atoms with Gasteiger partial charge in [0.2, 0.25) is 0 Å². The van der Waals surface area contributed by atoms with Gasteiger partial charge in [-0.1, -0.05) is 18.2 Å². The molecule has 3 aromatic rings. The van der Waals surface area contributed by atoms with Gasteiger partial charge in [0, 0.05) is 14.8 Å². The molecular formula is C34H36I2N4O9. The van der Waals surface area contributed by atoms with Gasteiger partial charge in [-0.25, -0.2) is 14.4 Å². The van der Waals surface area contributed by atoms with Gasteiger partial charge in [-0.05, 0) is 113 Å². The molecular weight excluding hydrogens is 862 g/mol. The number of ether oxygens (including phenoxy) is 5. The molecule has 0 bridgehead atoms. The van der Waals surface area contributed by atoms with E-state index < -0.39 is 24.3 Å². The number of nitrogens with zero attached hydrogens (tertiary/aromatic N) is 1. The van der Waals surface area contributed by atoms with Crippen LogP contribution < -0.4 is 30.3 Å². The number of hydrazone groups is 1. The van der Waals surface area contributed by atoms with E-state index in [-0.39, 0.29) is 24.8 Å². The van der Waals surface area contributed by atoms with Gasteiger partial charge >= 0.3 is 18.0 Å². The summed E-state index contributed by atoms with van der Waals surface area (Å²) in [7, 11) is 1.27. The first kappa shape index (κ1) is 37.7. The van der Waals surface area contributed by atoms with Crippen LogP contribution in [0, 0.1) is 7.14 Å². The number of allylic oxidation sites excluding steroid dienone is 1. The van der Waals surface area contributed by atoms with Crippen LogP contribution in [0.5, 0.6) is 17.2 Å². The van der Waals surface area contributed by atoms with Crippen molar-refractivity contribution in [1.82, 2.24) is 16.1 Å². The molecule has 0 spiro atoms. The number of benzene rings is 3. The summed E-state index contributed by atoms with van der Waals surface area (Å²) in [5, 5.41) is 20.2. The standard InChI is InChI=1S/C34H36I2N4O9/c1-5-46-27-14-22(30-29(33(43)45-4)19(3)38-34(44)39-30)11-12-26(27)48-18-28(41)40-37-16-23-13-24(35)15-25(36)31(23)49-17-20-7-9-21(10-8-20)32(42)47-6-2/h7-16,28,30,40-41H,5-6,17-18H2,1-4H3,(H2,38,39,44)/b37-16+/t28-,30+/m1/s1. The predicted molar refractivity (Wildman–Crippen MR) is 198 cm³/mol. The molecule has 4 rings (SSSR count). The molecule has 1 heterocycles. The zero-order chi connectivity index (χ0) is 35.5. The fraction of sp³-hybridized carbons (Fsp3) is 0.294. The minimum absolute atomic E-state index is 0.178. The van der Waals surface area contributed by atoms with Gasteiger partial charge in [-0.3, -0.25) is 5.43 Å². The van der Waals surface area contributed by atoms with E-state index in [1.54, 1.807) is 50.4 Å². The third kappa shape index (κ3) is 10.2. The summed E-state index contributed by atoms with van der Waals surface area (Å²) in [6.07, 6.45) is 0.365. The van der Waals surface area contributed by atoms with Crippen LogP contribution in [-0.2, 0) is 20.9 Å². The Hall–Kier alpha value is -4.10. The number of hydrogen-bond donors (Lipinski definition) is 4. The van der Waals surface area contributed by atoms with E-state index in [1.807, 2.05) is 31.2 Å². The molecule has 13 nitrogen and oxygen atoms in total. The monoisotopic (exact) mass is 898 g/mol. The molecule has 2 amide bonds. The second kappa shape index (κ2) is 18.1. The van der Waals surface area contributed by atoms with E-state index in [2.05, 4.69) is 66.3 Å². The quantitative estimate of drug-likeness (QED) is 0.0526. The number of methoxy groups -OCH3 is 1. The predicted octanol–water partition coefficient (Wildman–Crippen LogP) is 5.17. The maximum Gasteiger partial charge on any atom is 0.338 e. The van der Waals surface area contributed by atoms with E-state index in [0.717, 1.165) is 12.7 Å². The van der Waals surface area contributed by atoms with Crippen LogP contribution in [0.3, 0.4) is 0 Å². The molecule has 0 saturated heterocycles. The summed E-state index contributed by atoms with van der Waals surface area (Å²) < 4.78 is 29.6. The number of halogens is 2. The Kier molecular flexibility index (Phi) is 13.9. The summed E-state index contributed by atoms with van der Waals surface area (Å²) in [4.78, 5) is 36.6. The van der Waals surface area contributed by atoms with Crippen LogP contribution in [0.2, 0.25) is 0 Å². The van der Waals surface area contributed by atoms with E-state index >= 15 is 0 Å². The average Bonchev–Trinajstić information content (AvgIpc) is 3.07. The topological polar surface area (TPSA) is 166 Å². The normalized spacial score (nSPS) is 14.8. The van der Waals surface area contributed by atoms with Crippen LogP contribution in [0.4, 0.5) is 4.79 Å². The number of urea groups is 1. The molecule has 49 heavy (non-hydrogen) atoms. The van der Waals surface area contributed by atoms with E-state index in [1.165, 1.54) is 7.11 Å². The molecule has 4 N–H and O–H groups in total. The number of rotatable bonds is 15. The van der Waals surface area contributed by atoms with Gasteiger partial charge in [0.1, 0.15) is 19.0 Å². The molecule has 1 aliphatic heterocycles. The number of aliphatic hydroxyl groups is 1. The highest BCUT2D eigenvalue weighted by atomic mass is 127. The number of esters is 2. The van der Waals surface area contributed by atoms with Crippen molar-refractivity contribution < 1.29 is 43.2 Å². The van der Waals surface area contributed by atoms with Crippen LogP contribution in [0.15, 0.2) is 71.0 Å². The average molecular weight is 898 g/mol. The number of carbonyl (C=O) groups is 3. The zero-order valence-electron chi connectivity index (χ0n) is 27.2. The second-order valence-corrected chi connectivity index (χ2v) is 12.8. The highest BCUT2D eigenvalue weighted by Crippen LogP contribution is 2.35. The first-order valence-electron chi connectivity index (χ1n) is 15.1. The first-order chi connectivity index (χ1) is 23.5. The molecule has 2 atom stereocenters. The first-order valence-corrected chi connectivity index (χ1v) is 17.3. The van der Waals surface area contributed by atoms with Crippen LogP contribution >= 0.6 is 45.2 Å². The van der Waals surface area contributed by atoms with Crippen molar-refractivity contribution in [3.63, 3.8) is 0 Å². The Bertz CT molecular complexity index is 1730. The lowest BCUT2D eigenvalue weighted by molar-refractivity contribution is -0.136. The van der Waals surface area contributed by atoms with Crippen molar-refractivity contribution in [3.8, 4) is 17.2 Å². The molecule has 0 fully saturated rings. The Morgan fingerprint density at radius 2 is 1.76 bits per heavy atom. The summed E-state index contributed by atoms with van der Waals surface area (Å²) in [6.45, 7) is 5.90. The van der Waals surface area contributed by atoms with Gasteiger partial charge in [-0.2, -0.15) is 5.10 Å². The van der Waals surface area contributed by atoms with Crippen molar-refractivity contribution in [1.29, 1.82) is 0 Å². The van der Waals surface area contributed by atoms with Crippen LogP contribution in [-0.4, -0.2) is 62.4 Å². The SMILES string of the molecule is CCOC(=O)c1ccc(COc2c(I)cc(I)cc2/C=N/N[C@H](O)COc2ccc([C@@H]3NC(=O)NC(C)=C3C(=O)OC)cc2OCC)cc1. The lowest BCUT2D eigenvalue weighted by atomic mass is 9.95. The summed E-state index contributed by atoms with van der Waals surface area (Å²) in [5.41, 5.74) is 5.91. The molecule has 0 aromatic heterocycles. The fourth-order valence-corrected chi connectivity index (χ4v) is 6.80. The summed E-state index contributed by atoms with van der Waals surface area (Å²) >= 11 is 4.40. The lowest BCUT2D eigenvalue weighted by Gasteiger charge is -2.28. The van der Waals surface area contributed by atoms with Gasteiger partial charge in [-0.15, -0.1) is 0 Å². The third-order valence-electron chi connectivity index (χ3n) is 6.98. The Labute approximate surface area is 311 Å². The highest BCUT2D eigenvalue weighted by molar-refractivity contribution is 14.1. The number of hydrogen-bond acceptors (Lipinski definition) is 11. The molecule has 260 valence electrons. The lowest BCUT2D eigenvalue weighted by Crippen LogP contribution is -2.45. The Morgan fingerprint density at radius 1 is 1.00 bits per heavy atom. The van der Waals surface area contributed by atoms with Crippen LogP contribution in [0.25, 0.3) is 0 Å². The molecule has 1 aliphatic rings. The molecule has 0 aliphatic carbocycles. The van der Waals surface area contributed by atoms with Crippen LogP contribution in [0.1, 0.15) is 53.9 Å². The summed E-state index contributed by atoms with van der Waals surface area (Å²) in [5.74, 6) is 0.355. The van der Waals surface area contributed by atoms with E-state index in [0.29, 0.717) is 52.8 Å². The number of amides is 2. The van der Waals surface area contributed by atoms with Gasteiger partial charge in [0.25, 0.3) is 0 Å². The number of aliphatic hydroxyl groups excluding tert-OH is 1. The van der Waals surface area contributed by atoms with Crippen molar-refractivity contribution in [3.05, 3.63) is 95.3 Å². The van der Waals surface area contributed by atoms with E-state index in [9.17, 15) is 19.5 Å². The zero-order valence-corrected chi connectivity index (χ0v) is 31.5. The van der Waals surface area contributed by atoms with E-state index in [4.69, 9.17) is 23.7 Å². The minimum atomic E-state index is -1.19. The van der Waals surface area contributed by atoms with Gasteiger partial charge in [0.05, 0.1) is 47.3 Å². The second-order valence-electron chi connectivity index (χ2n) is 10.4.